The second kappa shape index (κ2) is 5.54. The van der Waals surface area contributed by atoms with Gasteiger partial charge in [-0.3, -0.25) is 4.72 Å². The highest BCUT2D eigenvalue weighted by molar-refractivity contribution is 7.92. The van der Waals surface area contributed by atoms with Crippen LogP contribution in [0.4, 0.5) is 14.6 Å². The fraction of sp³-hybridized carbons (Fsp3) is 0.111. The third-order valence-corrected chi connectivity index (χ3v) is 2.61. The summed E-state index contributed by atoms with van der Waals surface area (Å²) in [6.45, 7) is 0. The number of pyridine rings is 1. The maximum absolute atomic E-state index is 12.1. The topological polar surface area (TPSA) is 96.4 Å². The van der Waals surface area contributed by atoms with Crippen LogP contribution in [0.3, 0.4) is 0 Å². The molecule has 0 aliphatic heterocycles. The second-order valence-electron chi connectivity index (χ2n) is 3.03. The zero-order chi connectivity index (χ0) is 13.8. The lowest BCUT2D eigenvalue weighted by atomic mass is 10.3. The van der Waals surface area contributed by atoms with E-state index in [0.29, 0.717) is 0 Å². The van der Waals surface area contributed by atoms with Crippen molar-refractivity contribution in [3.05, 3.63) is 30.0 Å². The van der Waals surface area contributed by atoms with Gasteiger partial charge in [0.2, 0.25) is 0 Å². The monoisotopic (exact) mass is 278 g/mol. The minimum atomic E-state index is -4.79. The van der Waals surface area contributed by atoms with Gasteiger partial charge in [-0.15, -0.1) is 0 Å². The fourth-order valence-electron chi connectivity index (χ4n) is 0.948. The highest BCUT2D eigenvalue weighted by Crippen LogP contribution is 2.12. The van der Waals surface area contributed by atoms with E-state index in [2.05, 4.69) is 4.98 Å². The van der Waals surface area contributed by atoms with Crippen molar-refractivity contribution in [2.75, 3.05) is 4.72 Å². The maximum Gasteiger partial charge on any atom is 0.355 e. The Bertz CT molecular complexity index is 572. The van der Waals surface area contributed by atoms with Gasteiger partial charge >= 0.3 is 11.7 Å². The van der Waals surface area contributed by atoms with Crippen molar-refractivity contribution in [1.82, 2.24) is 4.98 Å². The third-order valence-electron chi connectivity index (χ3n) is 1.65. The maximum atomic E-state index is 12.1. The Labute approximate surface area is 101 Å². The van der Waals surface area contributed by atoms with Crippen LogP contribution in [0.25, 0.3) is 6.08 Å². The predicted molar refractivity (Wildman–Crippen MR) is 59.5 cm³/mol. The zero-order valence-electron chi connectivity index (χ0n) is 8.75. The number of alkyl halides is 2. The van der Waals surface area contributed by atoms with E-state index in [-0.39, 0.29) is 11.5 Å². The van der Waals surface area contributed by atoms with Crippen molar-refractivity contribution < 1.29 is 27.1 Å². The summed E-state index contributed by atoms with van der Waals surface area (Å²) < 4.78 is 47.5. The van der Waals surface area contributed by atoms with Crippen LogP contribution in [-0.2, 0) is 14.8 Å². The summed E-state index contributed by atoms with van der Waals surface area (Å²) in [7, 11) is -4.79. The minimum absolute atomic E-state index is 0.117. The first-order valence-electron chi connectivity index (χ1n) is 4.49. The van der Waals surface area contributed by atoms with Gasteiger partial charge in [0.05, 0.1) is 5.69 Å². The summed E-state index contributed by atoms with van der Waals surface area (Å²) in [5.41, 5.74) is 0.117. The van der Waals surface area contributed by atoms with Crippen LogP contribution >= 0.6 is 0 Å². The highest BCUT2D eigenvalue weighted by atomic mass is 32.2. The molecule has 2 N–H and O–H groups in total. The molecule has 0 amide bonds. The van der Waals surface area contributed by atoms with Gasteiger partial charge in [-0.1, -0.05) is 6.07 Å². The number of nitrogens with one attached hydrogen (secondary N) is 1. The molecule has 0 aromatic carbocycles. The van der Waals surface area contributed by atoms with E-state index in [0.717, 1.165) is 18.2 Å². The second-order valence-corrected chi connectivity index (χ2v) is 4.68. The van der Waals surface area contributed by atoms with E-state index in [4.69, 9.17) is 5.11 Å². The van der Waals surface area contributed by atoms with Crippen LogP contribution in [0.1, 0.15) is 5.69 Å². The van der Waals surface area contributed by atoms with E-state index < -0.39 is 21.8 Å². The molecule has 0 atom stereocenters. The third kappa shape index (κ3) is 4.09. The molecule has 6 nitrogen and oxygen atoms in total. The molecule has 18 heavy (non-hydrogen) atoms. The Hall–Kier alpha value is -2.03. The SMILES string of the molecule is O=C(O)C=Cc1cccc(NS(=O)(=O)C(F)F)n1. The summed E-state index contributed by atoms with van der Waals surface area (Å²) in [6, 6.07) is 3.90. The number of carboxylic acids is 1. The van der Waals surface area contributed by atoms with Gasteiger partial charge in [0.1, 0.15) is 5.82 Å². The number of rotatable bonds is 5. The number of anilines is 1. The Morgan fingerprint density at radius 1 is 1.44 bits per heavy atom. The smallest absolute Gasteiger partial charge is 0.355 e. The zero-order valence-corrected chi connectivity index (χ0v) is 9.56. The lowest BCUT2D eigenvalue weighted by Crippen LogP contribution is -2.21. The van der Waals surface area contributed by atoms with Crippen molar-refractivity contribution in [2.24, 2.45) is 0 Å². The van der Waals surface area contributed by atoms with Gasteiger partial charge in [0, 0.05) is 6.08 Å². The van der Waals surface area contributed by atoms with Crippen molar-refractivity contribution in [2.45, 2.75) is 5.76 Å². The van der Waals surface area contributed by atoms with E-state index in [9.17, 15) is 22.0 Å². The molecule has 0 saturated carbocycles. The summed E-state index contributed by atoms with van der Waals surface area (Å²) >= 11 is 0. The molecule has 1 heterocycles. The van der Waals surface area contributed by atoms with Crippen molar-refractivity contribution in [3.8, 4) is 0 Å². The first kappa shape index (κ1) is 14.0. The van der Waals surface area contributed by atoms with Crippen LogP contribution in [-0.4, -0.2) is 30.2 Å². The van der Waals surface area contributed by atoms with Gasteiger partial charge in [-0.2, -0.15) is 8.78 Å². The van der Waals surface area contributed by atoms with E-state index in [1.165, 1.54) is 12.1 Å². The van der Waals surface area contributed by atoms with Crippen molar-refractivity contribution >= 4 is 27.9 Å². The summed E-state index contributed by atoms with van der Waals surface area (Å²) in [4.78, 5) is 13.9. The molecule has 1 aromatic heterocycles. The van der Waals surface area contributed by atoms with Crippen LogP contribution in [0, 0.1) is 0 Å². The average molecular weight is 278 g/mol. The van der Waals surface area contributed by atoms with E-state index in [1.54, 1.807) is 4.72 Å². The summed E-state index contributed by atoms with van der Waals surface area (Å²) in [6.07, 6.45) is 1.89. The average Bonchev–Trinajstić information content (AvgIpc) is 2.26. The Morgan fingerprint density at radius 2 is 2.11 bits per heavy atom. The molecule has 0 spiro atoms. The first-order valence-corrected chi connectivity index (χ1v) is 6.04. The molecule has 98 valence electrons. The number of carboxylic acid groups (broad SMARTS) is 1. The van der Waals surface area contributed by atoms with Crippen molar-refractivity contribution in [1.29, 1.82) is 0 Å². The quantitative estimate of drug-likeness (QED) is 0.787. The van der Waals surface area contributed by atoms with Crippen LogP contribution < -0.4 is 4.72 Å². The fourth-order valence-corrected chi connectivity index (χ4v) is 1.44. The minimum Gasteiger partial charge on any atom is -0.478 e. The molecule has 1 rings (SSSR count). The summed E-state index contributed by atoms with van der Waals surface area (Å²) in [5.74, 6) is -5.10. The standard InChI is InChI=1S/C9H8F2N2O4S/c10-9(11)18(16,17)13-7-3-1-2-6(12-7)4-5-8(14)15/h1-5,9H,(H,12,13)(H,14,15). The predicted octanol–water partition coefficient (Wildman–Crippen LogP) is 1.14. The number of hydrogen-bond acceptors (Lipinski definition) is 4. The molecule has 0 fully saturated rings. The highest BCUT2D eigenvalue weighted by Gasteiger charge is 2.24. The largest absolute Gasteiger partial charge is 0.478 e. The normalized spacial score (nSPS) is 11.9. The number of halogens is 2. The van der Waals surface area contributed by atoms with Gasteiger partial charge in [-0.05, 0) is 18.2 Å². The molecular formula is C9H8F2N2O4S. The lowest BCUT2D eigenvalue weighted by Gasteiger charge is -2.06. The molecule has 0 bridgehead atoms. The molecule has 0 unspecified atom stereocenters. The number of carbonyl (C=O) groups is 1. The molecule has 0 aliphatic rings. The van der Waals surface area contributed by atoms with Crippen LogP contribution in [0.15, 0.2) is 24.3 Å². The van der Waals surface area contributed by atoms with Crippen LogP contribution in [0.5, 0.6) is 0 Å². The Balaban J connectivity index is 2.93. The number of aliphatic carboxylic acids is 1. The Morgan fingerprint density at radius 3 is 2.67 bits per heavy atom. The van der Waals surface area contributed by atoms with Gasteiger partial charge in [0.25, 0.3) is 10.0 Å². The molecule has 9 heteroatoms. The van der Waals surface area contributed by atoms with E-state index in [1.807, 2.05) is 0 Å². The van der Waals surface area contributed by atoms with Gasteiger partial charge < -0.3 is 5.11 Å². The molecule has 1 aromatic rings. The van der Waals surface area contributed by atoms with Gasteiger partial charge in [0.15, 0.2) is 0 Å². The Kier molecular flexibility index (Phi) is 4.32. The molecule has 0 aliphatic carbocycles. The molecular weight excluding hydrogens is 270 g/mol. The van der Waals surface area contributed by atoms with E-state index >= 15 is 0 Å². The number of sulfonamides is 1. The molecule has 0 radical (unpaired) electrons. The molecule has 0 saturated heterocycles. The lowest BCUT2D eigenvalue weighted by molar-refractivity contribution is -0.131. The van der Waals surface area contributed by atoms with Crippen LogP contribution in [0.2, 0.25) is 0 Å². The number of hydrogen-bond donors (Lipinski definition) is 2. The van der Waals surface area contributed by atoms with Crippen molar-refractivity contribution in [3.63, 3.8) is 0 Å². The number of nitrogens with zero attached hydrogens (tertiary/aromatic N) is 1. The summed E-state index contributed by atoms with van der Waals surface area (Å²) in [5, 5.41) is 8.38. The first-order chi connectivity index (χ1) is 8.31. The van der Waals surface area contributed by atoms with Gasteiger partial charge in [-0.25, -0.2) is 18.2 Å². The number of aromatic nitrogens is 1.